The highest BCUT2D eigenvalue weighted by atomic mass is 19.4. The summed E-state index contributed by atoms with van der Waals surface area (Å²) in [5, 5.41) is 9.43. The number of halogens is 3. The Labute approximate surface area is 219 Å². The second-order valence-corrected chi connectivity index (χ2v) is 10.3. The highest BCUT2D eigenvalue weighted by molar-refractivity contribution is 5.92. The molecule has 8 nitrogen and oxygen atoms in total. The lowest BCUT2D eigenvalue weighted by Gasteiger charge is -2.25. The van der Waals surface area contributed by atoms with Crippen molar-refractivity contribution in [3.8, 4) is 5.82 Å². The Hall–Kier alpha value is -3.47. The maximum Gasteiger partial charge on any atom is 0.453 e. The van der Waals surface area contributed by atoms with Gasteiger partial charge in [0.15, 0.2) is 5.82 Å². The van der Waals surface area contributed by atoms with Gasteiger partial charge in [-0.3, -0.25) is 4.79 Å². The molecule has 0 bridgehead atoms. The number of carbonyl (C=O) groups is 1. The van der Waals surface area contributed by atoms with E-state index in [9.17, 15) is 18.0 Å². The highest BCUT2D eigenvalue weighted by Crippen LogP contribution is 2.31. The van der Waals surface area contributed by atoms with Gasteiger partial charge in [-0.05, 0) is 101 Å². The number of hydrogen-bond acceptors (Lipinski definition) is 6. The molecule has 0 spiro atoms. The van der Waals surface area contributed by atoms with Gasteiger partial charge in [-0.15, -0.1) is 5.10 Å². The van der Waals surface area contributed by atoms with E-state index < -0.39 is 17.9 Å². The normalized spacial score (nSPS) is 18.3. The zero-order valence-electron chi connectivity index (χ0n) is 21.6. The van der Waals surface area contributed by atoms with E-state index in [1.807, 2.05) is 32.0 Å². The number of alkyl halides is 3. The third-order valence-corrected chi connectivity index (χ3v) is 7.08. The fourth-order valence-corrected chi connectivity index (χ4v) is 5.25. The SMILES string of the molecule is CC(C)NC(=O)c1cccc(-n2nc(C(F)(F)F)nc2Nc2ccc3c(c2)CCC(N2CCCC2)CC3)n1. The molecular formula is C27H32F3N7O. The van der Waals surface area contributed by atoms with Crippen LogP contribution in [0.4, 0.5) is 24.8 Å². The topological polar surface area (TPSA) is 88.0 Å². The molecule has 1 saturated heterocycles. The van der Waals surface area contributed by atoms with E-state index in [-0.39, 0.29) is 23.5 Å². The number of hydrogen-bond donors (Lipinski definition) is 2. The Bertz CT molecular complexity index is 1300. The molecule has 1 fully saturated rings. The number of fused-ring (bicyclic) bond motifs is 1. The van der Waals surface area contributed by atoms with Crippen LogP contribution in [0.2, 0.25) is 0 Å². The van der Waals surface area contributed by atoms with Gasteiger partial charge < -0.3 is 15.5 Å². The summed E-state index contributed by atoms with van der Waals surface area (Å²) >= 11 is 0. The molecule has 2 aromatic heterocycles. The van der Waals surface area contributed by atoms with Gasteiger partial charge in [0.05, 0.1) is 0 Å². The molecule has 2 aliphatic rings. The van der Waals surface area contributed by atoms with Gasteiger partial charge >= 0.3 is 6.18 Å². The van der Waals surface area contributed by atoms with E-state index >= 15 is 0 Å². The zero-order valence-corrected chi connectivity index (χ0v) is 21.6. The van der Waals surface area contributed by atoms with Gasteiger partial charge in [-0.2, -0.15) is 22.8 Å². The van der Waals surface area contributed by atoms with E-state index in [1.54, 1.807) is 6.07 Å². The summed E-state index contributed by atoms with van der Waals surface area (Å²) in [5.74, 6) is -1.79. The quantitative estimate of drug-likeness (QED) is 0.443. The van der Waals surface area contributed by atoms with Crippen LogP contribution in [0, 0.1) is 0 Å². The van der Waals surface area contributed by atoms with Crippen molar-refractivity contribution in [1.29, 1.82) is 0 Å². The Morgan fingerprint density at radius 1 is 1.03 bits per heavy atom. The van der Waals surface area contributed by atoms with Crippen molar-refractivity contribution in [2.24, 2.45) is 0 Å². The molecule has 0 radical (unpaired) electrons. The molecular weight excluding hydrogens is 495 g/mol. The first-order valence-electron chi connectivity index (χ1n) is 13.1. The predicted octanol–water partition coefficient (Wildman–Crippen LogP) is 4.91. The van der Waals surface area contributed by atoms with Crippen molar-refractivity contribution >= 4 is 17.5 Å². The molecule has 3 heterocycles. The average Bonchev–Trinajstić information content (AvgIpc) is 3.51. The van der Waals surface area contributed by atoms with Gasteiger partial charge in [-0.25, -0.2) is 4.98 Å². The first kappa shape index (κ1) is 26.1. The van der Waals surface area contributed by atoms with Crippen molar-refractivity contribution < 1.29 is 18.0 Å². The largest absolute Gasteiger partial charge is 0.453 e. The van der Waals surface area contributed by atoms with Crippen LogP contribution in [-0.4, -0.2) is 55.7 Å². The van der Waals surface area contributed by atoms with Crippen LogP contribution in [-0.2, 0) is 19.0 Å². The monoisotopic (exact) mass is 527 g/mol. The predicted molar refractivity (Wildman–Crippen MR) is 138 cm³/mol. The molecule has 1 aromatic carbocycles. The van der Waals surface area contributed by atoms with Crippen molar-refractivity contribution in [3.63, 3.8) is 0 Å². The maximum atomic E-state index is 13.6. The highest BCUT2D eigenvalue weighted by Gasteiger charge is 2.37. The zero-order chi connectivity index (χ0) is 26.9. The first-order valence-corrected chi connectivity index (χ1v) is 13.1. The Morgan fingerprint density at radius 3 is 2.47 bits per heavy atom. The number of aromatic nitrogens is 4. The molecule has 202 valence electrons. The summed E-state index contributed by atoms with van der Waals surface area (Å²) in [6.07, 6.45) is 1.88. The molecule has 1 amide bonds. The minimum Gasteiger partial charge on any atom is -0.349 e. The lowest BCUT2D eigenvalue weighted by Crippen LogP contribution is -2.32. The Morgan fingerprint density at radius 2 is 1.76 bits per heavy atom. The molecule has 1 aliphatic heterocycles. The number of nitrogens with zero attached hydrogens (tertiary/aromatic N) is 5. The van der Waals surface area contributed by atoms with E-state index in [2.05, 4.69) is 30.6 Å². The summed E-state index contributed by atoms with van der Waals surface area (Å²) in [6.45, 7) is 5.95. The van der Waals surface area contributed by atoms with Crippen LogP contribution in [0.1, 0.15) is 67.0 Å². The standard InChI is InChI=1S/C27H32F3N7O/c1-17(2)31-24(38)22-6-5-7-23(33-22)37-26(34-25(35-37)27(28,29)30)32-20-11-8-18-9-12-21(13-10-19(18)16-20)36-14-3-4-15-36/h5-8,11,16-17,21H,3-4,9-10,12-15H2,1-2H3,(H,31,38)(H,32,34,35). The van der Waals surface area contributed by atoms with Crippen molar-refractivity contribution in [3.05, 3.63) is 59.0 Å². The molecule has 1 atom stereocenters. The average molecular weight is 528 g/mol. The van der Waals surface area contributed by atoms with Crippen LogP contribution in [0.15, 0.2) is 36.4 Å². The number of pyridine rings is 1. The Kier molecular flexibility index (Phi) is 7.38. The minimum absolute atomic E-state index is 0.0510. The second kappa shape index (κ2) is 10.7. The molecule has 5 rings (SSSR count). The first-order chi connectivity index (χ1) is 18.2. The van der Waals surface area contributed by atoms with E-state index in [1.165, 1.54) is 49.2 Å². The molecule has 11 heteroatoms. The summed E-state index contributed by atoms with van der Waals surface area (Å²) in [5.41, 5.74) is 3.17. The number of carbonyl (C=O) groups excluding carboxylic acids is 1. The smallest absolute Gasteiger partial charge is 0.349 e. The van der Waals surface area contributed by atoms with Crippen LogP contribution >= 0.6 is 0 Å². The van der Waals surface area contributed by atoms with Gasteiger partial charge in [0.1, 0.15) is 5.69 Å². The summed E-state index contributed by atoms with van der Waals surface area (Å²) < 4.78 is 41.7. The van der Waals surface area contributed by atoms with Crippen LogP contribution in [0.25, 0.3) is 5.82 Å². The number of anilines is 2. The molecule has 0 saturated carbocycles. The second-order valence-electron chi connectivity index (χ2n) is 10.3. The van der Waals surface area contributed by atoms with Gasteiger partial charge in [0, 0.05) is 17.8 Å². The third kappa shape index (κ3) is 5.82. The summed E-state index contributed by atoms with van der Waals surface area (Å²) in [4.78, 5) is 23.0. The number of nitrogens with one attached hydrogen (secondary N) is 2. The number of amides is 1. The minimum atomic E-state index is -4.74. The van der Waals surface area contributed by atoms with Crippen LogP contribution in [0.5, 0.6) is 0 Å². The van der Waals surface area contributed by atoms with Crippen LogP contribution < -0.4 is 10.6 Å². The number of aryl methyl sites for hydroxylation is 2. The Balaban J connectivity index is 1.42. The fraction of sp³-hybridized carbons (Fsp3) is 0.481. The molecule has 38 heavy (non-hydrogen) atoms. The summed E-state index contributed by atoms with van der Waals surface area (Å²) in [7, 11) is 0. The van der Waals surface area contributed by atoms with Crippen molar-refractivity contribution in [1.82, 2.24) is 30.0 Å². The van der Waals surface area contributed by atoms with Gasteiger partial charge in [0.25, 0.3) is 11.7 Å². The molecule has 2 N–H and O–H groups in total. The van der Waals surface area contributed by atoms with E-state index in [0.717, 1.165) is 30.4 Å². The van der Waals surface area contributed by atoms with Gasteiger partial charge in [0.2, 0.25) is 5.95 Å². The number of rotatable bonds is 6. The molecule has 1 unspecified atom stereocenters. The van der Waals surface area contributed by atoms with Crippen molar-refractivity contribution in [2.45, 2.75) is 70.6 Å². The van der Waals surface area contributed by atoms with Crippen molar-refractivity contribution in [2.75, 3.05) is 18.4 Å². The lowest BCUT2D eigenvalue weighted by atomic mass is 10.0. The summed E-state index contributed by atoms with van der Waals surface area (Å²) in [6, 6.07) is 10.9. The number of likely N-dealkylation sites (tertiary alicyclic amines) is 1. The third-order valence-electron chi connectivity index (χ3n) is 7.08. The fourth-order valence-electron chi connectivity index (χ4n) is 5.25. The maximum absolute atomic E-state index is 13.6. The number of benzene rings is 1. The van der Waals surface area contributed by atoms with Gasteiger partial charge in [-0.1, -0.05) is 12.1 Å². The van der Waals surface area contributed by atoms with E-state index in [0.29, 0.717) is 11.7 Å². The molecule has 1 aliphatic carbocycles. The lowest BCUT2D eigenvalue weighted by molar-refractivity contribution is -0.144. The van der Waals surface area contributed by atoms with Crippen LogP contribution in [0.3, 0.4) is 0 Å². The molecule has 3 aromatic rings. The van der Waals surface area contributed by atoms with E-state index in [4.69, 9.17) is 0 Å².